The smallest absolute Gasteiger partial charge is 0.190 e. The van der Waals surface area contributed by atoms with Crippen molar-refractivity contribution in [3.63, 3.8) is 0 Å². The molecule has 1 aromatic rings. The molecule has 446 valence electrons. The first kappa shape index (κ1) is 56.6. The summed E-state index contributed by atoms with van der Waals surface area (Å²) in [5.41, 5.74) is 10.1. The average molecular weight is 1150 g/mol. The molecule has 0 unspecified atom stereocenters. The van der Waals surface area contributed by atoms with Crippen molar-refractivity contribution in [2.45, 2.75) is 210 Å². The van der Waals surface area contributed by atoms with Crippen LogP contribution in [0.25, 0.3) is 0 Å². The largest absolute Gasteiger partial charge is 0.396 e. The van der Waals surface area contributed by atoms with E-state index in [1.807, 2.05) is 36.4 Å². The second-order valence-electron chi connectivity index (χ2n) is 30.8. The van der Waals surface area contributed by atoms with E-state index in [1.54, 1.807) is 23.6 Å². The monoisotopic (exact) mass is 1150 g/mol. The van der Waals surface area contributed by atoms with Gasteiger partial charge in [-0.3, -0.25) is 9.79 Å². The standard InChI is InChI=1S/C66H98N6O7S2/c1-36(74)71-59(67)70-31-39-28-64(34-73)46-26-50(66(64,79)47-25-48(75)55-45(32-68-5)57(77)49(76)30-61(55,4)53(39)47)65(20-10-18-62(65)16-6-7-17-62)81-80-33-41(72-22-21-69-35-72)29-60(2,3)56-44-23-37-14-15-40-12-9-19-63(40,27-37)54(44)42-13-8-11-38-24-43(46)58(78)52(56)51(38)42/h21-22,25,35-41,43,45-46,49-50,52-55,57-58,68,73-74,76-79H,6-20,23-24,26-34H2,1-5H3,(H3,67,70,71)/t36-,37+,38-,39+,40-,41+,43+,45+,46-,49+,50-,52-,53+,54-,55+,57-,58+,61-,63-,64+,65+,66+/m1/s1. The van der Waals surface area contributed by atoms with Crippen LogP contribution in [-0.4, -0.2) is 119 Å². The quantitative estimate of drug-likeness (QED) is 0.0410. The second kappa shape index (κ2) is 20.2. The number of rotatable bonds is 7. The predicted octanol–water partition coefficient (Wildman–Crippen LogP) is 9.05. The normalized spacial score (nSPS) is 48.9. The number of nitrogens with two attached hydrogens (primary N) is 1. The van der Waals surface area contributed by atoms with E-state index in [0.717, 1.165) is 95.1 Å². The Kier molecular flexibility index (Phi) is 14.1. The number of carbonyl (C=O) groups is 1. The van der Waals surface area contributed by atoms with Gasteiger partial charge in [-0.2, -0.15) is 0 Å². The summed E-state index contributed by atoms with van der Waals surface area (Å²) in [5, 5.41) is 84.1. The molecule has 13 nitrogen and oxygen atoms in total. The van der Waals surface area contributed by atoms with Gasteiger partial charge < -0.3 is 51.6 Å². The van der Waals surface area contributed by atoms with E-state index in [1.165, 1.54) is 44.1 Å². The van der Waals surface area contributed by atoms with Gasteiger partial charge in [0.15, 0.2) is 11.7 Å². The maximum absolute atomic E-state index is 15.8. The Labute approximate surface area is 490 Å². The van der Waals surface area contributed by atoms with Crippen molar-refractivity contribution < 1.29 is 35.4 Å². The molecule has 1 aromatic heterocycles. The number of aromatic nitrogens is 2. The van der Waals surface area contributed by atoms with E-state index < -0.39 is 63.5 Å². The van der Waals surface area contributed by atoms with Crippen molar-refractivity contribution in [3.8, 4) is 0 Å². The Bertz CT molecular complexity index is 2750. The first-order valence-corrected chi connectivity index (χ1v) is 34.9. The number of imidazole rings is 1. The molecule has 6 bridgehead atoms. The lowest BCUT2D eigenvalue weighted by atomic mass is 9.40. The zero-order valence-electron chi connectivity index (χ0n) is 49.3. The Hall–Kier alpha value is -2.21. The summed E-state index contributed by atoms with van der Waals surface area (Å²) >= 11 is 0. The topological polar surface area (TPSA) is 219 Å². The number of carbonyl (C=O) groups excluding carboxylic acids is 1. The van der Waals surface area contributed by atoms with Crippen molar-refractivity contribution in [1.29, 1.82) is 0 Å². The summed E-state index contributed by atoms with van der Waals surface area (Å²) in [6.45, 7) is 9.07. The minimum absolute atomic E-state index is 0.0691. The van der Waals surface area contributed by atoms with Crippen LogP contribution in [0.2, 0.25) is 0 Å². The second-order valence-corrected chi connectivity index (χ2v) is 33.4. The number of ketones is 1. The molecule has 15 heteroatoms. The molecule has 14 rings (SSSR count). The first-order chi connectivity index (χ1) is 38.8. The van der Waals surface area contributed by atoms with Crippen LogP contribution in [0.4, 0.5) is 0 Å². The van der Waals surface area contributed by atoms with Gasteiger partial charge in [-0.05, 0) is 204 Å². The summed E-state index contributed by atoms with van der Waals surface area (Å²) < 4.78 is 1.96. The van der Waals surface area contributed by atoms with Crippen molar-refractivity contribution in [2.75, 3.05) is 32.5 Å². The number of allylic oxidation sites excluding steroid dienone is 3. The number of hydrogen-bond donors (Lipinski definition) is 9. The van der Waals surface area contributed by atoms with Crippen LogP contribution >= 0.6 is 21.6 Å². The number of guanidine groups is 1. The lowest BCUT2D eigenvalue weighted by molar-refractivity contribution is -0.198. The minimum atomic E-state index is -1.68. The van der Waals surface area contributed by atoms with Crippen molar-refractivity contribution >= 4 is 33.3 Å². The summed E-state index contributed by atoms with van der Waals surface area (Å²) in [7, 11) is 5.90. The van der Waals surface area contributed by atoms with Gasteiger partial charge in [-0.15, -0.1) is 0 Å². The fourth-order valence-corrected chi connectivity index (χ4v) is 29.1. The Morgan fingerprint density at radius 2 is 1.74 bits per heavy atom. The summed E-state index contributed by atoms with van der Waals surface area (Å²) in [5.74, 6) is -0.0873. The zero-order chi connectivity index (χ0) is 56.4. The van der Waals surface area contributed by atoms with Gasteiger partial charge in [0, 0.05) is 77.0 Å². The van der Waals surface area contributed by atoms with Gasteiger partial charge in [0.25, 0.3) is 0 Å². The molecule has 13 aliphatic rings. The van der Waals surface area contributed by atoms with Crippen LogP contribution in [-0.2, 0) is 4.79 Å². The maximum atomic E-state index is 15.8. The van der Waals surface area contributed by atoms with Gasteiger partial charge in [-0.25, -0.2) is 4.98 Å². The molecule has 0 radical (unpaired) electrons. The highest BCUT2D eigenvalue weighted by Gasteiger charge is 2.80. The van der Waals surface area contributed by atoms with Gasteiger partial charge in [0.05, 0.1) is 36.8 Å². The number of fused-ring (bicyclic) bond motifs is 16. The number of aliphatic hydroxyl groups is 6. The van der Waals surface area contributed by atoms with E-state index in [4.69, 9.17) is 15.7 Å². The SMILES string of the molecule is CNC[C@@H]1[C@@H](O)[C@@H](O)C[C@]2(C)[C@@H]3C(=CC(=O)[C@H]12)[C@]1(O)[C@@H]2C[C@H]([C@@H]4C[C@H]5CCCC6=C5[C@H](C(=C5C[C@@H]7CC[C@H]8CCC[C@]8(C7)[C@H]65)C(C)(C)C[C@H](n5ccnc5)CSS[C@@]25CCCC52CCCC2)[C@H]4O)[C@@]1(CO)C[C@H]3CN=C(N)N[C@@H](C)O. The molecule has 10 N–H and O–H groups in total. The Morgan fingerprint density at radius 1 is 0.938 bits per heavy atom. The van der Waals surface area contributed by atoms with E-state index in [0.29, 0.717) is 48.1 Å². The first-order valence-electron chi connectivity index (χ1n) is 32.6. The maximum Gasteiger partial charge on any atom is 0.190 e. The van der Waals surface area contributed by atoms with Gasteiger partial charge >= 0.3 is 0 Å². The molecular weight excluding hydrogens is 1050 g/mol. The predicted molar refractivity (Wildman–Crippen MR) is 319 cm³/mol. The van der Waals surface area contributed by atoms with Crippen molar-refractivity contribution in [2.24, 2.45) is 109 Å². The molecule has 22 atom stereocenters. The summed E-state index contributed by atoms with van der Waals surface area (Å²) in [4.78, 5) is 25.5. The third-order valence-corrected chi connectivity index (χ3v) is 30.5. The van der Waals surface area contributed by atoms with Gasteiger partial charge in [-0.1, -0.05) is 90.3 Å². The van der Waals surface area contributed by atoms with E-state index in [-0.39, 0.29) is 77.8 Å². The number of nitrogens with zero attached hydrogens (tertiary/aromatic N) is 3. The van der Waals surface area contributed by atoms with Crippen LogP contribution in [0.3, 0.4) is 0 Å². The molecule has 10 fully saturated rings. The molecule has 3 spiro atoms. The van der Waals surface area contributed by atoms with Crippen LogP contribution < -0.4 is 16.4 Å². The highest BCUT2D eigenvalue weighted by atomic mass is 33.1. The van der Waals surface area contributed by atoms with Crippen molar-refractivity contribution in [3.05, 3.63) is 52.7 Å². The number of aliphatic imine (C=N–C) groups is 1. The van der Waals surface area contributed by atoms with E-state index in [2.05, 4.69) is 53.0 Å². The molecule has 12 aliphatic carbocycles. The molecular formula is C66H98N6O7S2. The Balaban J connectivity index is 1.01. The molecule has 1 saturated heterocycles. The van der Waals surface area contributed by atoms with Crippen LogP contribution in [0.5, 0.6) is 0 Å². The highest BCUT2D eigenvalue weighted by Crippen LogP contribution is 2.80. The third-order valence-electron chi connectivity index (χ3n) is 27.0. The van der Waals surface area contributed by atoms with Gasteiger partial charge in [0.1, 0.15) is 6.23 Å². The van der Waals surface area contributed by atoms with Crippen LogP contribution in [0, 0.1) is 98.1 Å². The zero-order valence-corrected chi connectivity index (χ0v) is 51.0. The highest BCUT2D eigenvalue weighted by molar-refractivity contribution is 8.77. The number of aliphatic hydroxyl groups excluding tert-OH is 5. The number of nitrogens with one attached hydrogen (secondary N) is 2. The molecule has 9 saturated carbocycles. The lowest BCUT2D eigenvalue weighted by Gasteiger charge is -2.66. The van der Waals surface area contributed by atoms with E-state index in [9.17, 15) is 25.5 Å². The fourth-order valence-electron chi connectivity index (χ4n) is 24.8. The molecule has 81 heavy (non-hydrogen) atoms. The van der Waals surface area contributed by atoms with Crippen molar-refractivity contribution in [1.82, 2.24) is 20.2 Å². The molecule has 0 aromatic carbocycles. The summed E-state index contributed by atoms with van der Waals surface area (Å²) in [6.07, 6.45) is 27.1. The van der Waals surface area contributed by atoms with Crippen LogP contribution in [0.1, 0.15) is 175 Å². The third kappa shape index (κ3) is 7.90. The van der Waals surface area contributed by atoms with Gasteiger partial charge in [0.2, 0.25) is 0 Å². The summed E-state index contributed by atoms with van der Waals surface area (Å²) in [6, 6.07) is 0.128. The van der Waals surface area contributed by atoms with E-state index >= 15 is 9.90 Å². The Morgan fingerprint density at radius 3 is 2.49 bits per heavy atom. The van der Waals surface area contributed by atoms with Crippen LogP contribution in [0.15, 0.2) is 57.7 Å². The fraction of sp³-hybridized carbons (Fsp3) is 0.833. The molecule has 1 aliphatic heterocycles. The average Bonchev–Trinajstić information content (AvgIpc) is 4.48. The lowest BCUT2D eigenvalue weighted by Crippen LogP contribution is -2.70. The minimum Gasteiger partial charge on any atom is -0.396 e. The molecule has 0 amide bonds. The number of hydrogen-bond acceptors (Lipinski definition) is 12. The molecule has 2 heterocycles.